The average Bonchev–Trinajstić information content (AvgIpc) is 2.87. The van der Waals surface area contributed by atoms with Gasteiger partial charge in [0.05, 0.1) is 26.9 Å². The second-order valence-corrected chi connectivity index (χ2v) is 8.38. The summed E-state index contributed by atoms with van der Waals surface area (Å²) < 4.78 is 23.1. The number of nitrogens with one attached hydrogen (secondary N) is 1. The minimum absolute atomic E-state index is 0.0516. The molecule has 3 atom stereocenters. The normalized spacial score (nSPS) is 20.6. The fourth-order valence-electron chi connectivity index (χ4n) is 5.36. The van der Waals surface area contributed by atoms with Crippen LogP contribution in [0.4, 0.5) is 5.69 Å². The summed E-state index contributed by atoms with van der Waals surface area (Å²) in [5.74, 6) is 1.92. The average molecular weight is 441 g/mol. The molecule has 0 unspecified atom stereocenters. The molecule has 0 saturated heterocycles. The van der Waals surface area contributed by atoms with E-state index in [0.717, 1.165) is 27.8 Å². The van der Waals surface area contributed by atoms with Crippen molar-refractivity contribution >= 4 is 16.7 Å². The Labute approximate surface area is 190 Å². The summed E-state index contributed by atoms with van der Waals surface area (Å²) in [4.78, 5) is 13.3. The van der Waals surface area contributed by atoms with Crippen LogP contribution in [-0.4, -0.2) is 20.8 Å². The van der Waals surface area contributed by atoms with E-state index in [1.54, 1.807) is 20.3 Å². The highest BCUT2D eigenvalue weighted by Crippen LogP contribution is 2.54. The SMILES string of the molecule is COc1cccc2c1OC[C@H]1[C@H](c3ccccc3)c3c(c(=O)oc4c(OC)cccc34)N[C@H]21. The van der Waals surface area contributed by atoms with Crippen molar-refractivity contribution in [1.82, 2.24) is 0 Å². The van der Waals surface area contributed by atoms with E-state index in [9.17, 15) is 4.79 Å². The molecular formula is C27H23NO5. The number of methoxy groups -OCH3 is 2. The van der Waals surface area contributed by atoms with E-state index in [0.29, 0.717) is 29.4 Å². The van der Waals surface area contributed by atoms with Gasteiger partial charge in [0.15, 0.2) is 22.8 Å². The Hall–Kier alpha value is -3.93. The molecule has 33 heavy (non-hydrogen) atoms. The summed E-state index contributed by atoms with van der Waals surface area (Å²) >= 11 is 0. The molecule has 0 spiro atoms. The van der Waals surface area contributed by atoms with Crippen molar-refractivity contribution in [2.75, 3.05) is 26.1 Å². The lowest BCUT2D eigenvalue weighted by Gasteiger charge is -2.44. The molecule has 2 aliphatic heterocycles. The molecule has 166 valence electrons. The van der Waals surface area contributed by atoms with E-state index in [-0.39, 0.29) is 17.9 Å². The molecule has 6 nitrogen and oxygen atoms in total. The number of anilines is 1. The molecule has 0 bridgehead atoms. The van der Waals surface area contributed by atoms with Crippen LogP contribution in [0.3, 0.4) is 0 Å². The van der Waals surface area contributed by atoms with Crippen LogP contribution < -0.4 is 25.2 Å². The van der Waals surface area contributed by atoms with Crippen LogP contribution in [-0.2, 0) is 0 Å². The fraction of sp³-hybridized carbons (Fsp3) is 0.222. The Kier molecular flexibility index (Phi) is 4.54. The Morgan fingerprint density at radius 3 is 2.45 bits per heavy atom. The molecule has 3 aromatic carbocycles. The molecule has 4 aromatic rings. The summed E-state index contributed by atoms with van der Waals surface area (Å²) in [5.41, 5.74) is 3.56. The number of hydrogen-bond acceptors (Lipinski definition) is 6. The molecule has 2 aliphatic rings. The summed E-state index contributed by atoms with van der Waals surface area (Å²) in [6, 6.07) is 21.7. The van der Waals surface area contributed by atoms with Gasteiger partial charge in [0, 0.05) is 28.3 Å². The predicted octanol–water partition coefficient (Wildman–Crippen LogP) is 5.12. The van der Waals surface area contributed by atoms with Gasteiger partial charge >= 0.3 is 5.63 Å². The summed E-state index contributed by atoms with van der Waals surface area (Å²) in [7, 11) is 3.21. The molecule has 0 fully saturated rings. The zero-order valence-corrected chi connectivity index (χ0v) is 18.3. The zero-order chi connectivity index (χ0) is 22.5. The molecule has 0 saturated carbocycles. The first-order valence-electron chi connectivity index (χ1n) is 11.0. The van der Waals surface area contributed by atoms with Gasteiger partial charge in [-0.05, 0) is 17.7 Å². The lowest BCUT2D eigenvalue weighted by Crippen LogP contribution is -2.40. The largest absolute Gasteiger partial charge is 0.493 e. The molecule has 0 aliphatic carbocycles. The second-order valence-electron chi connectivity index (χ2n) is 8.38. The quantitative estimate of drug-likeness (QED) is 0.445. The fourth-order valence-corrected chi connectivity index (χ4v) is 5.36. The number of para-hydroxylation sites is 2. The molecule has 3 heterocycles. The Morgan fingerprint density at radius 2 is 1.67 bits per heavy atom. The van der Waals surface area contributed by atoms with Gasteiger partial charge in [-0.3, -0.25) is 0 Å². The standard InChI is InChI=1S/C27H23NO5/c1-30-19-12-7-11-17-23-18(14-32-25(17)19)21(15-8-4-3-5-9-15)22-16-10-6-13-20(31-2)26(16)33-27(29)24(22)28-23/h3-13,18,21,23,28H,14H2,1-2H3/t18-,21-,23+/m0/s1. The second kappa shape index (κ2) is 7.59. The first-order chi connectivity index (χ1) is 16.2. The van der Waals surface area contributed by atoms with Crippen LogP contribution in [0.5, 0.6) is 17.2 Å². The summed E-state index contributed by atoms with van der Waals surface area (Å²) in [6.07, 6.45) is 0. The smallest absolute Gasteiger partial charge is 0.360 e. The van der Waals surface area contributed by atoms with Gasteiger partial charge < -0.3 is 23.9 Å². The van der Waals surface area contributed by atoms with E-state index in [1.807, 2.05) is 48.5 Å². The molecule has 0 amide bonds. The number of benzene rings is 3. The summed E-state index contributed by atoms with van der Waals surface area (Å²) in [5, 5.41) is 4.38. The van der Waals surface area contributed by atoms with Crippen LogP contribution in [0.25, 0.3) is 11.0 Å². The molecule has 6 heteroatoms. The van der Waals surface area contributed by atoms with E-state index in [2.05, 4.69) is 17.4 Å². The van der Waals surface area contributed by atoms with Gasteiger partial charge in [0.25, 0.3) is 0 Å². The predicted molar refractivity (Wildman–Crippen MR) is 126 cm³/mol. The highest BCUT2D eigenvalue weighted by atomic mass is 16.5. The van der Waals surface area contributed by atoms with Crippen LogP contribution in [0.2, 0.25) is 0 Å². The van der Waals surface area contributed by atoms with Crippen molar-refractivity contribution in [3.05, 3.63) is 93.8 Å². The Morgan fingerprint density at radius 1 is 0.909 bits per heavy atom. The lowest BCUT2D eigenvalue weighted by atomic mass is 9.71. The van der Waals surface area contributed by atoms with E-state index >= 15 is 0 Å². The van der Waals surface area contributed by atoms with Gasteiger partial charge in [0.2, 0.25) is 0 Å². The highest BCUT2D eigenvalue weighted by molar-refractivity contribution is 5.91. The lowest BCUT2D eigenvalue weighted by molar-refractivity contribution is 0.176. The van der Waals surface area contributed by atoms with Gasteiger partial charge in [-0.1, -0.05) is 54.6 Å². The van der Waals surface area contributed by atoms with Crippen molar-refractivity contribution in [1.29, 1.82) is 0 Å². The number of hydrogen-bond donors (Lipinski definition) is 1. The number of ether oxygens (including phenoxy) is 3. The van der Waals surface area contributed by atoms with Gasteiger partial charge in [0.1, 0.15) is 5.69 Å². The van der Waals surface area contributed by atoms with Crippen molar-refractivity contribution in [2.24, 2.45) is 5.92 Å². The number of fused-ring (bicyclic) bond motifs is 6. The Balaban J connectivity index is 1.65. The van der Waals surface area contributed by atoms with E-state index in [4.69, 9.17) is 18.6 Å². The molecule has 1 aromatic heterocycles. The molecule has 0 radical (unpaired) electrons. The van der Waals surface area contributed by atoms with Crippen molar-refractivity contribution in [3.63, 3.8) is 0 Å². The third-order valence-corrected chi connectivity index (χ3v) is 6.77. The third-order valence-electron chi connectivity index (χ3n) is 6.77. The minimum Gasteiger partial charge on any atom is -0.493 e. The molecular weight excluding hydrogens is 418 g/mol. The topological polar surface area (TPSA) is 69.9 Å². The van der Waals surface area contributed by atoms with Gasteiger partial charge in [-0.25, -0.2) is 4.79 Å². The minimum atomic E-state index is -0.405. The van der Waals surface area contributed by atoms with Crippen molar-refractivity contribution in [3.8, 4) is 17.2 Å². The van der Waals surface area contributed by atoms with E-state index < -0.39 is 5.63 Å². The summed E-state index contributed by atoms with van der Waals surface area (Å²) in [6.45, 7) is 0.482. The first-order valence-corrected chi connectivity index (χ1v) is 11.0. The van der Waals surface area contributed by atoms with Crippen molar-refractivity contribution < 1.29 is 18.6 Å². The van der Waals surface area contributed by atoms with Gasteiger partial charge in [-0.2, -0.15) is 0 Å². The Bertz CT molecular complexity index is 1410. The van der Waals surface area contributed by atoms with Crippen LogP contribution >= 0.6 is 0 Å². The van der Waals surface area contributed by atoms with Crippen molar-refractivity contribution in [2.45, 2.75) is 12.0 Å². The van der Waals surface area contributed by atoms with Crippen LogP contribution in [0.15, 0.2) is 75.9 Å². The third kappa shape index (κ3) is 2.90. The maximum Gasteiger partial charge on any atom is 0.360 e. The number of rotatable bonds is 3. The highest BCUT2D eigenvalue weighted by Gasteiger charge is 2.45. The maximum atomic E-state index is 13.3. The maximum absolute atomic E-state index is 13.3. The zero-order valence-electron chi connectivity index (χ0n) is 18.3. The van der Waals surface area contributed by atoms with Crippen LogP contribution in [0, 0.1) is 5.92 Å². The molecule has 1 N–H and O–H groups in total. The first kappa shape index (κ1) is 19.7. The van der Waals surface area contributed by atoms with Crippen LogP contribution in [0.1, 0.15) is 28.7 Å². The molecule has 6 rings (SSSR count). The van der Waals surface area contributed by atoms with Gasteiger partial charge in [-0.15, -0.1) is 0 Å². The van der Waals surface area contributed by atoms with E-state index in [1.165, 1.54) is 0 Å². The monoisotopic (exact) mass is 441 g/mol.